The van der Waals surface area contributed by atoms with Crippen LogP contribution in [0.15, 0.2) is 18.2 Å². The van der Waals surface area contributed by atoms with Crippen LogP contribution >= 0.6 is 0 Å². The lowest BCUT2D eigenvalue weighted by Crippen LogP contribution is -2.25. The van der Waals surface area contributed by atoms with E-state index in [0.717, 1.165) is 23.5 Å². The minimum Gasteiger partial charge on any atom is -0.494 e. The molecular formula is C17H27NO4. The molecule has 2 atom stereocenters. The summed E-state index contributed by atoms with van der Waals surface area (Å²) in [5, 5.41) is 9.12. The van der Waals surface area contributed by atoms with Crippen molar-refractivity contribution in [3.8, 4) is 11.5 Å². The second-order valence-electron chi connectivity index (χ2n) is 5.45. The van der Waals surface area contributed by atoms with E-state index in [1.54, 1.807) is 0 Å². The Kier molecular flexibility index (Phi) is 7.74. The number of carboxylic acids is 1. The molecule has 2 unspecified atom stereocenters. The van der Waals surface area contributed by atoms with Crippen LogP contribution in [-0.4, -0.2) is 30.8 Å². The lowest BCUT2D eigenvalue weighted by molar-refractivity contribution is -0.141. The van der Waals surface area contributed by atoms with Crippen molar-refractivity contribution >= 4 is 5.97 Å². The Hall–Kier alpha value is -1.75. The Balaban J connectivity index is 2.83. The number of benzene rings is 1. The molecule has 0 aliphatic carbocycles. The van der Waals surface area contributed by atoms with Crippen LogP contribution in [0, 0.1) is 11.8 Å². The molecule has 0 bridgehead atoms. The van der Waals surface area contributed by atoms with Gasteiger partial charge in [0.15, 0.2) is 0 Å². The summed E-state index contributed by atoms with van der Waals surface area (Å²) >= 11 is 0. The van der Waals surface area contributed by atoms with E-state index >= 15 is 0 Å². The van der Waals surface area contributed by atoms with Crippen LogP contribution < -0.4 is 15.2 Å². The minimum atomic E-state index is -0.831. The first kappa shape index (κ1) is 18.3. The molecule has 1 aromatic rings. The summed E-state index contributed by atoms with van der Waals surface area (Å²) < 4.78 is 11.2. The van der Waals surface area contributed by atoms with E-state index in [4.69, 9.17) is 20.3 Å². The van der Waals surface area contributed by atoms with Gasteiger partial charge in [-0.3, -0.25) is 4.79 Å². The standard InChI is InChI=1S/C17H27NO4/c1-4-21-15-6-7-16(22-5-2)13(10-15)8-12(3)9-14(11-18)17(19)20/h6-7,10,12,14H,4-5,8-9,11,18H2,1-3H3,(H,19,20). The molecule has 0 aliphatic rings. The van der Waals surface area contributed by atoms with Gasteiger partial charge in [0.2, 0.25) is 0 Å². The Morgan fingerprint density at radius 3 is 2.50 bits per heavy atom. The van der Waals surface area contributed by atoms with Crippen LogP contribution in [0.2, 0.25) is 0 Å². The van der Waals surface area contributed by atoms with Gasteiger partial charge in [-0.25, -0.2) is 0 Å². The van der Waals surface area contributed by atoms with Gasteiger partial charge in [-0.05, 0) is 56.4 Å². The van der Waals surface area contributed by atoms with E-state index in [-0.39, 0.29) is 12.5 Å². The van der Waals surface area contributed by atoms with Crippen LogP contribution in [0.5, 0.6) is 11.5 Å². The fourth-order valence-electron chi connectivity index (χ4n) is 2.51. The van der Waals surface area contributed by atoms with Gasteiger partial charge >= 0.3 is 5.97 Å². The van der Waals surface area contributed by atoms with Crippen molar-refractivity contribution < 1.29 is 19.4 Å². The zero-order valence-corrected chi connectivity index (χ0v) is 13.7. The summed E-state index contributed by atoms with van der Waals surface area (Å²) in [5.74, 6) is 0.503. The van der Waals surface area contributed by atoms with Gasteiger partial charge in [-0.15, -0.1) is 0 Å². The second-order valence-corrected chi connectivity index (χ2v) is 5.45. The zero-order valence-electron chi connectivity index (χ0n) is 13.7. The van der Waals surface area contributed by atoms with E-state index in [1.807, 2.05) is 39.0 Å². The third kappa shape index (κ3) is 5.56. The fraction of sp³-hybridized carbons (Fsp3) is 0.588. The van der Waals surface area contributed by atoms with Crippen LogP contribution in [0.1, 0.15) is 32.8 Å². The van der Waals surface area contributed by atoms with Crippen molar-refractivity contribution in [2.45, 2.75) is 33.6 Å². The van der Waals surface area contributed by atoms with Gasteiger partial charge in [-0.2, -0.15) is 0 Å². The maximum absolute atomic E-state index is 11.1. The molecule has 0 spiro atoms. The predicted octanol–water partition coefficient (Wildman–Crippen LogP) is 2.71. The molecule has 0 heterocycles. The summed E-state index contributed by atoms with van der Waals surface area (Å²) in [5.41, 5.74) is 6.57. The third-order valence-electron chi connectivity index (χ3n) is 3.53. The van der Waals surface area contributed by atoms with Gasteiger partial charge in [0.25, 0.3) is 0 Å². The number of rotatable bonds is 10. The molecule has 5 nitrogen and oxygen atoms in total. The molecule has 1 aromatic carbocycles. The first-order valence-corrected chi connectivity index (χ1v) is 7.83. The highest BCUT2D eigenvalue weighted by atomic mass is 16.5. The molecule has 3 N–H and O–H groups in total. The quantitative estimate of drug-likeness (QED) is 0.694. The smallest absolute Gasteiger partial charge is 0.307 e. The second kappa shape index (κ2) is 9.30. The Morgan fingerprint density at radius 1 is 1.27 bits per heavy atom. The number of hydrogen-bond acceptors (Lipinski definition) is 4. The summed E-state index contributed by atoms with van der Waals surface area (Å²) in [7, 11) is 0. The van der Waals surface area contributed by atoms with Crippen molar-refractivity contribution in [1.29, 1.82) is 0 Å². The zero-order chi connectivity index (χ0) is 16.5. The first-order chi connectivity index (χ1) is 10.5. The lowest BCUT2D eigenvalue weighted by Gasteiger charge is -2.18. The van der Waals surface area contributed by atoms with Gasteiger partial charge in [0.1, 0.15) is 11.5 Å². The number of carbonyl (C=O) groups is 1. The largest absolute Gasteiger partial charge is 0.494 e. The van der Waals surface area contributed by atoms with E-state index in [0.29, 0.717) is 19.6 Å². The average molecular weight is 309 g/mol. The van der Waals surface area contributed by atoms with Gasteiger partial charge in [-0.1, -0.05) is 6.92 Å². The maximum Gasteiger partial charge on any atom is 0.307 e. The minimum absolute atomic E-state index is 0.164. The van der Waals surface area contributed by atoms with Crippen LogP contribution in [0.4, 0.5) is 0 Å². The van der Waals surface area contributed by atoms with Crippen molar-refractivity contribution in [2.75, 3.05) is 19.8 Å². The average Bonchev–Trinajstić information content (AvgIpc) is 2.47. The van der Waals surface area contributed by atoms with Gasteiger partial charge in [0, 0.05) is 6.54 Å². The first-order valence-electron chi connectivity index (χ1n) is 7.83. The summed E-state index contributed by atoms with van der Waals surface area (Å²) in [6.45, 7) is 7.29. The van der Waals surface area contributed by atoms with Gasteiger partial charge < -0.3 is 20.3 Å². The number of ether oxygens (including phenoxy) is 2. The summed E-state index contributed by atoms with van der Waals surface area (Å²) in [6.07, 6.45) is 1.29. The Bertz CT molecular complexity index is 476. The molecule has 0 amide bonds. The number of nitrogens with two attached hydrogens (primary N) is 1. The van der Waals surface area contributed by atoms with Crippen molar-refractivity contribution in [2.24, 2.45) is 17.6 Å². The summed E-state index contributed by atoms with van der Waals surface area (Å²) in [4.78, 5) is 11.1. The third-order valence-corrected chi connectivity index (χ3v) is 3.53. The highest BCUT2D eigenvalue weighted by Crippen LogP contribution is 2.28. The molecule has 0 saturated carbocycles. The van der Waals surface area contributed by atoms with Gasteiger partial charge in [0.05, 0.1) is 19.1 Å². The molecule has 1 rings (SSSR count). The summed E-state index contributed by atoms with van der Waals surface area (Å²) in [6, 6.07) is 5.78. The molecule has 124 valence electrons. The molecule has 0 aromatic heterocycles. The van der Waals surface area contributed by atoms with E-state index < -0.39 is 11.9 Å². The number of hydrogen-bond donors (Lipinski definition) is 2. The Morgan fingerprint density at radius 2 is 1.95 bits per heavy atom. The SMILES string of the molecule is CCOc1ccc(OCC)c(CC(C)CC(CN)C(=O)O)c1. The fourth-order valence-corrected chi connectivity index (χ4v) is 2.51. The predicted molar refractivity (Wildman–Crippen MR) is 86.4 cm³/mol. The molecule has 5 heteroatoms. The monoisotopic (exact) mass is 309 g/mol. The van der Waals surface area contributed by atoms with Crippen LogP contribution in [-0.2, 0) is 11.2 Å². The van der Waals surface area contributed by atoms with Crippen molar-refractivity contribution in [3.05, 3.63) is 23.8 Å². The molecule has 22 heavy (non-hydrogen) atoms. The molecule has 0 radical (unpaired) electrons. The van der Waals surface area contributed by atoms with Crippen LogP contribution in [0.25, 0.3) is 0 Å². The number of carboxylic acid groups (broad SMARTS) is 1. The highest BCUT2D eigenvalue weighted by Gasteiger charge is 2.20. The van der Waals surface area contributed by atoms with E-state index in [1.165, 1.54) is 0 Å². The molecule has 0 aliphatic heterocycles. The molecular weight excluding hydrogens is 282 g/mol. The maximum atomic E-state index is 11.1. The molecule has 0 fully saturated rings. The lowest BCUT2D eigenvalue weighted by atomic mass is 9.90. The highest BCUT2D eigenvalue weighted by molar-refractivity contribution is 5.70. The Labute approximate surface area is 132 Å². The molecule has 0 saturated heterocycles. The van der Waals surface area contributed by atoms with E-state index in [9.17, 15) is 4.79 Å². The normalized spacial score (nSPS) is 13.5. The van der Waals surface area contributed by atoms with Crippen molar-refractivity contribution in [1.82, 2.24) is 0 Å². The number of aliphatic carboxylic acids is 1. The van der Waals surface area contributed by atoms with Crippen molar-refractivity contribution in [3.63, 3.8) is 0 Å². The topological polar surface area (TPSA) is 81.8 Å². The van der Waals surface area contributed by atoms with Crippen LogP contribution in [0.3, 0.4) is 0 Å². The van der Waals surface area contributed by atoms with E-state index in [2.05, 4.69) is 0 Å².